The molecule has 0 saturated heterocycles. The van der Waals surface area contributed by atoms with E-state index in [4.69, 9.17) is 16.2 Å². The second kappa shape index (κ2) is 13.8. The summed E-state index contributed by atoms with van der Waals surface area (Å²) in [6.45, 7) is 14.9. The molecule has 35 heavy (non-hydrogen) atoms. The molecular formula is C28H49N3O4. The second-order valence-electron chi connectivity index (χ2n) is 11.3. The van der Waals surface area contributed by atoms with Crippen LogP contribution in [0, 0.1) is 17.8 Å². The van der Waals surface area contributed by atoms with Gasteiger partial charge in [0, 0.05) is 18.5 Å². The first-order valence-electron chi connectivity index (χ1n) is 13.0. The van der Waals surface area contributed by atoms with Crippen LogP contribution in [0.2, 0.25) is 0 Å². The number of nitrogens with one attached hydrogen (secondary N) is 1. The Labute approximate surface area is 212 Å². The summed E-state index contributed by atoms with van der Waals surface area (Å²) in [4.78, 5) is 24.7. The normalized spacial score (nSPS) is 15.4. The molecule has 0 bridgehead atoms. The molecule has 0 fully saturated rings. The largest absolute Gasteiger partial charge is 0.496 e. The highest BCUT2D eigenvalue weighted by Crippen LogP contribution is 2.36. The number of unbranched alkanes of at least 4 members (excludes halogenated alkanes) is 1. The molecule has 0 spiro atoms. The predicted molar refractivity (Wildman–Crippen MR) is 143 cm³/mol. The first-order valence-corrected chi connectivity index (χ1v) is 13.0. The van der Waals surface area contributed by atoms with Crippen molar-refractivity contribution in [2.24, 2.45) is 29.2 Å². The minimum atomic E-state index is -0.783. The van der Waals surface area contributed by atoms with Gasteiger partial charge in [-0.1, -0.05) is 67.0 Å². The number of carbonyl (C=O) groups is 2. The van der Waals surface area contributed by atoms with Crippen LogP contribution in [0.1, 0.15) is 95.6 Å². The first kappa shape index (κ1) is 30.9. The zero-order valence-electron chi connectivity index (χ0n) is 23.1. The summed E-state index contributed by atoms with van der Waals surface area (Å²) >= 11 is 0. The standard InChI is InChI=1S/C28H49N3O4/c1-9-10-13-31-27(34)18(4)14-23(32)22(29)16-20(17(2)3)15-19-11-12-21(28(5,6)7)24(26(30)33)25(19)35-8/h11-12,17-18,20,22-23,32H,9-10,13-16,29H2,1-8H3,(H2,30,33)(H,31,34)/t18?,20-,22-,23-/m0/s1. The highest BCUT2D eigenvalue weighted by Gasteiger charge is 2.29. The lowest BCUT2D eigenvalue weighted by molar-refractivity contribution is -0.125. The van der Waals surface area contributed by atoms with Crippen LogP contribution in [-0.2, 0) is 16.6 Å². The molecule has 0 heterocycles. The Morgan fingerprint density at radius 3 is 2.26 bits per heavy atom. The van der Waals surface area contributed by atoms with Crippen molar-refractivity contribution in [1.82, 2.24) is 5.32 Å². The number of ether oxygens (including phenoxy) is 1. The number of nitrogens with two attached hydrogens (primary N) is 2. The van der Waals surface area contributed by atoms with Crippen molar-refractivity contribution in [3.8, 4) is 5.75 Å². The number of hydrogen-bond acceptors (Lipinski definition) is 5. The fourth-order valence-corrected chi connectivity index (χ4v) is 4.48. The number of aliphatic hydroxyl groups is 1. The van der Waals surface area contributed by atoms with Gasteiger partial charge in [-0.15, -0.1) is 0 Å². The van der Waals surface area contributed by atoms with Gasteiger partial charge in [0.2, 0.25) is 5.91 Å². The number of carbonyl (C=O) groups excluding carboxylic acids is 2. The van der Waals surface area contributed by atoms with Gasteiger partial charge in [0.25, 0.3) is 5.91 Å². The maximum Gasteiger partial charge on any atom is 0.252 e. The number of hydrogen-bond donors (Lipinski definition) is 4. The van der Waals surface area contributed by atoms with Crippen molar-refractivity contribution in [2.75, 3.05) is 13.7 Å². The van der Waals surface area contributed by atoms with Gasteiger partial charge >= 0.3 is 0 Å². The molecule has 2 amide bonds. The van der Waals surface area contributed by atoms with Crippen LogP contribution in [0.5, 0.6) is 5.75 Å². The Kier molecular flexibility index (Phi) is 12.2. The molecule has 7 heteroatoms. The predicted octanol–water partition coefficient (Wildman–Crippen LogP) is 3.93. The van der Waals surface area contributed by atoms with Gasteiger partial charge in [-0.3, -0.25) is 9.59 Å². The average Bonchev–Trinajstić information content (AvgIpc) is 2.76. The zero-order valence-corrected chi connectivity index (χ0v) is 23.1. The molecule has 0 aliphatic rings. The smallest absolute Gasteiger partial charge is 0.252 e. The summed E-state index contributed by atoms with van der Waals surface area (Å²) in [6.07, 6.45) is 2.71. The molecule has 7 nitrogen and oxygen atoms in total. The maximum absolute atomic E-state index is 12.4. The summed E-state index contributed by atoms with van der Waals surface area (Å²) in [5.74, 6) is 0.0759. The van der Waals surface area contributed by atoms with E-state index in [1.54, 1.807) is 7.11 Å². The number of primary amides is 1. The van der Waals surface area contributed by atoms with Crippen molar-refractivity contribution in [3.63, 3.8) is 0 Å². The summed E-state index contributed by atoms with van der Waals surface area (Å²) in [5.41, 5.74) is 14.1. The lowest BCUT2D eigenvalue weighted by Gasteiger charge is -2.30. The van der Waals surface area contributed by atoms with Gasteiger partial charge in [0.15, 0.2) is 0 Å². The third kappa shape index (κ3) is 9.12. The number of aliphatic hydroxyl groups excluding tert-OH is 1. The number of benzene rings is 1. The van der Waals surface area contributed by atoms with Gasteiger partial charge < -0.3 is 26.6 Å². The molecule has 1 unspecified atom stereocenters. The van der Waals surface area contributed by atoms with Gasteiger partial charge in [0.05, 0.1) is 18.8 Å². The van der Waals surface area contributed by atoms with E-state index in [-0.39, 0.29) is 29.1 Å². The van der Waals surface area contributed by atoms with Gasteiger partial charge in [0.1, 0.15) is 5.75 Å². The summed E-state index contributed by atoms with van der Waals surface area (Å²) in [7, 11) is 1.56. The fraction of sp³-hybridized carbons (Fsp3) is 0.714. The highest BCUT2D eigenvalue weighted by molar-refractivity contribution is 5.98. The van der Waals surface area contributed by atoms with E-state index in [0.717, 1.165) is 24.0 Å². The number of amides is 2. The van der Waals surface area contributed by atoms with Crippen LogP contribution in [0.15, 0.2) is 12.1 Å². The monoisotopic (exact) mass is 491 g/mol. The van der Waals surface area contributed by atoms with E-state index in [1.807, 2.05) is 39.8 Å². The number of rotatable bonds is 14. The van der Waals surface area contributed by atoms with E-state index in [2.05, 4.69) is 26.1 Å². The molecule has 0 radical (unpaired) electrons. The van der Waals surface area contributed by atoms with Crippen LogP contribution in [-0.4, -0.2) is 42.7 Å². The van der Waals surface area contributed by atoms with Crippen molar-refractivity contribution >= 4 is 11.8 Å². The maximum atomic E-state index is 12.4. The quantitative estimate of drug-likeness (QED) is 0.293. The Balaban J connectivity index is 3.03. The molecule has 1 aromatic carbocycles. The van der Waals surface area contributed by atoms with E-state index in [0.29, 0.717) is 37.1 Å². The molecule has 1 aromatic rings. The van der Waals surface area contributed by atoms with Crippen molar-refractivity contribution < 1.29 is 19.4 Å². The average molecular weight is 492 g/mol. The zero-order chi connectivity index (χ0) is 26.9. The Morgan fingerprint density at radius 2 is 1.77 bits per heavy atom. The molecule has 0 aromatic heterocycles. The van der Waals surface area contributed by atoms with Gasteiger partial charge in [-0.05, 0) is 54.1 Å². The first-order chi connectivity index (χ1) is 16.2. The molecular weight excluding hydrogens is 442 g/mol. The van der Waals surface area contributed by atoms with Gasteiger partial charge in [-0.25, -0.2) is 0 Å². The molecule has 4 atom stereocenters. The summed E-state index contributed by atoms with van der Waals surface area (Å²) < 4.78 is 5.70. The Hall–Kier alpha value is -2.12. The minimum absolute atomic E-state index is 0.0484. The van der Waals surface area contributed by atoms with E-state index >= 15 is 0 Å². The molecule has 0 aliphatic heterocycles. The van der Waals surface area contributed by atoms with Crippen molar-refractivity contribution in [3.05, 3.63) is 28.8 Å². The van der Waals surface area contributed by atoms with Crippen molar-refractivity contribution in [2.45, 2.75) is 98.1 Å². The SMILES string of the molecule is CCCCNC(=O)C(C)C[C@H](O)[C@@H](N)C[C@H](Cc1ccc(C(C)(C)C)c(C(N)=O)c1OC)C(C)C. The van der Waals surface area contributed by atoms with Crippen LogP contribution in [0.4, 0.5) is 0 Å². The van der Waals surface area contributed by atoms with Crippen LogP contribution in [0.3, 0.4) is 0 Å². The molecule has 1 rings (SSSR count). The van der Waals surface area contributed by atoms with Crippen LogP contribution < -0.4 is 21.5 Å². The Morgan fingerprint density at radius 1 is 1.14 bits per heavy atom. The second-order valence-corrected chi connectivity index (χ2v) is 11.3. The number of methoxy groups -OCH3 is 1. The van der Waals surface area contributed by atoms with E-state index < -0.39 is 18.1 Å². The van der Waals surface area contributed by atoms with E-state index in [1.165, 1.54) is 0 Å². The van der Waals surface area contributed by atoms with Gasteiger partial charge in [-0.2, -0.15) is 0 Å². The lowest BCUT2D eigenvalue weighted by Crippen LogP contribution is -2.41. The fourth-order valence-electron chi connectivity index (χ4n) is 4.48. The Bertz CT molecular complexity index is 832. The molecule has 0 saturated carbocycles. The topological polar surface area (TPSA) is 128 Å². The van der Waals surface area contributed by atoms with Crippen LogP contribution >= 0.6 is 0 Å². The lowest BCUT2D eigenvalue weighted by atomic mass is 9.79. The third-order valence-electron chi connectivity index (χ3n) is 6.86. The van der Waals surface area contributed by atoms with Crippen molar-refractivity contribution in [1.29, 1.82) is 0 Å². The van der Waals surface area contributed by atoms with E-state index in [9.17, 15) is 14.7 Å². The minimum Gasteiger partial charge on any atom is -0.496 e. The molecule has 0 aliphatic carbocycles. The molecule has 6 N–H and O–H groups in total. The summed E-state index contributed by atoms with van der Waals surface area (Å²) in [5, 5.41) is 13.7. The third-order valence-corrected chi connectivity index (χ3v) is 6.86. The summed E-state index contributed by atoms with van der Waals surface area (Å²) in [6, 6.07) is 3.50. The molecule has 200 valence electrons. The highest BCUT2D eigenvalue weighted by atomic mass is 16.5. The van der Waals surface area contributed by atoms with Crippen LogP contribution in [0.25, 0.3) is 0 Å².